The van der Waals surface area contributed by atoms with Crippen molar-refractivity contribution in [1.82, 2.24) is 15.5 Å². The first kappa shape index (κ1) is 15.9. The molecule has 0 radical (unpaired) electrons. The van der Waals surface area contributed by atoms with Crippen molar-refractivity contribution in [2.45, 2.75) is 12.8 Å². The van der Waals surface area contributed by atoms with Gasteiger partial charge in [-0.2, -0.15) is 0 Å². The lowest BCUT2D eigenvalue weighted by molar-refractivity contribution is -0.120. The normalized spacial score (nSPS) is 10.5. The summed E-state index contributed by atoms with van der Waals surface area (Å²) in [7, 11) is 0. The molecule has 0 saturated carbocycles. The fourth-order valence-electron chi connectivity index (χ4n) is 2.25. The molecule has 0 aliphatic carbocycles. The number of rotatable bonds is 6. The lowest BCUT2D eigenvalue weighted by Gasteiger charge is -2.03. The zero-order chi connectivity index (χ0) is 16.8. The predicted octanol–water partition coefficient (Wildman–Crippen LogP) is 2.78. The molecular weight excluding hydrogens is 309 g/mol. The number of hydrogen-bond donors (Lipinski definition) is 1. The molecule has 0 spiro atoms. The topological polar surface area (TPSA) is 68.0 Å². The van der Waals surface area contributed by atoms with Crippen LogP contribution in [0.1, 0.15) is 11.5 Å². The van der Waals surface area contributed by atoms with Gasteiger partial charge in [-0.3, -0.25) is 4.79 Å². The molecule has 3 aromatic rings. The van der Waals surface area contributed by atoms with Gasteiger partial charge in [0.15, 0.2) is 0 Å². The third-order valence-electron chi connectivity index (χ3n) is 3.44. The van der Waals surface area contributed by atoms with Gasteiger partial charge in [-0.15, -0.1) is 10.2 Å². The van der Waals surface area contributed by atoms with E-state index >= 15 is 0 Å². The number of benzene rings is 2. The Morgan fingerprint density at radius 2 is 1.79 bits per heavy atom. The maximum atomic E-state index is 13.7. The molecule has 3 rings (SSSR count). The average molecular weight is 325 g/mol. The quantitative estimate of drug-likeness (QED) is 0.757. The molecule has 0 unspecified atom stereocenters. The standard InChI is InChI=1S/C18H16FN3O2/c19-15-9-5-4-8-14(15)18-22-21-17(24-18)10-11-20-16(23)12-13-6-2-1-3-7-13/h1-9H,10-12H2,(H,20,23). The number of halogens is 1. The van der Waals surface area contributed by atoms with E-state index in [0.29, 0.717) is 25.3 Å². The van der Waals surface area contributed by atoms with Crippen molar-refractivity contribution < 1.29 is 13.6 Å². The number of carbonyl (C=O) groups is 1. The SMILES string of the molecule is O=C(Cc1ccccc1)NCCc1nnc(-c2ccccc2F)o1. The maximum Gasteiger partial charge on any atom is 0.250 e. The number of nitrogens with zero attached hydrogens (tertiary/aromatic N) is 2. The summed E-state index contributed by atoms with van der Waals surface area (Å²) in [4.78, 5) is 11.8. The Morgan fingerprint density at radius 1 is 1.04 bits per heavy atom. The molecule has 1 aromatic heterocycles. The van der Waals surface area contributed by atoms with Crippen LogP contribution in [0.4, 0.5) is 4.39 Å². The van der Waals surface area contributed by atoms with E-state index < -0.39 is 5.82 Å². The molecule has 0 aliphatic rings. The molecule has 6 heteroatoms. The summed E-state index contributed by atoms with van der Waals surface area (Å²) in [6, 6.07) is 15.7. The smallest absolute Gasteiger partial charge is 0.250 e. The highest BCUT2D eigenvalue weighted by Gasteiger charge is 2.12. The fourth-order valence-corrected chi connectivity index (χ4v) is 2.25. The first-order valence-corrected chi connectivity index (χ1v) is 7.60. The molecular formula is C18H16FN3O2. The molecule has 24 heavy (non-hydrogen) atoms. The third kappa shape index (κ3) is 4.04. The van der Waals surface area contributed by atoms with Gasteiger partial charge in [0.2, 0.25) is 11.8 Å². The molecule has 5 nitrogen and oxygen atoms in total. The first-order chi connectivity index (χ1) is 11.7. The van der Waals surface area contributed by atoms with Gasteiger partial charge in [0.05, 0.1) is 12.0 Å². The monoisotopic (exact) mass is 325 g/mol. The van der Waals surface area contributed by atoms with Crippen molar-refractivity contribution in [2.75, 3.05) is 6.54 Å². The minimum absolute atomic E-state index is 0.0740. The number of nitrogens with one attached hydrogen (secondary N) is 1. The van der Waals surface area contributed by atoms with Crippen LogP contribution in [-0.2, 0) is 17.6 Å². The van der Waals surface area contributed by atoms with Crippen LogP contribution in [0.3, 0.4) is 0 Å². The molecule has 1 N–H and O–H groups in total. The first-order valence-electron chi connectivity index (χ1n) is 7.60. The molecule has 0 aliphatic heterocycles. The number of aromatic nitrogens is 2. The van der Waals surface area contributed by atoms with Crippen LogP contribution in [0.5, 0.6) is 0 Å². The summed E-state index contributed by atoms with van der Waals surface area (Å²) in [6.07, 6.45) is 0.715. The van der Waals surface area contributed by atoms with E-state index in [4.69, 9.17) is 4.42 Å². The van der Waals surface area contributed by atoms with E-state index in [1.165, 1.54) is 6.07 Å². The van der Waals surface area contributed by atoms with Crippen LogP contribution in [0.2, 0.25) is 0 Å². The number of hydrogen-bond acceptors (Lipinski definition) is 4. The van der Waals surface area contributed by atoms with E-state index in [2.05, 4.69) is 15.5 Å². The highest BCUT2D eigenvalue weighted by molar-refractivity contribution is 5.78. The largest absolute Gasteiger partial charge is 0.421 e. The van der Waals surface area contributed by atoms with Crippen molar-refractivity contribution in [3.05, 3.63) is 71.9 Å². The molecule has 122 valence electrons. The minimum atomic E-state index is -0.413. The number of carbonyl (C=O) groups excluding carboxylic acids is 1. The van der Waals surface area contributed by atoms with Gasteiger partial charge >= 0.3 is 0 Å². The molecule has 2 aromatic carbocycles. The molecule has 0 saturated heterocycles. The Morgan fingerprint density at radius 3 is 2.58 bits per heavy atom. The van der Waals surface area contributed by atoms with E-state index in [-0.39, 0.29) is 17.4 Å². The fraction of sp³-hybridized carbons (Fsp3) is 0.167. The Labute approximate surface area is 138 Å². The van der Waals surface area contributed by atoms with Gasteiger partial charge in [0, 0.05) is 13.0 Å². The van der Waals surface area contributed by atoms with Crippen LogP contribution in [0.15, 0.2) is 59.0 Å². The van der Waals surface area contributed by atoms with Gasteiger partial charge in [0.25, 0.3) is 5.89 Å². The second-order valence-corrected chi connectivity index (χ2v) is 5.24. The minimum Gasteiger partial charge on any atom is -0.421 e. The van der Waals surface area contributed by atoms with Crippen LogP contribution in [0, 0.1) is 5.82 Å². The zero-order valence-corrected chi connectivity index (χ0v) is 12.9. The van der Waals surface area contributed by atoms with Crippen LogP contribution >= 0.6 is 0 Å². The summed E-state index contributed by atoms with van der Waals surface area (Å²) < 4.78 is 19.1. The van der Waals surface area contributed by atoms with E-state index in [9.17, 15) is 9.18 Å². The van der Waals surface area contributed by atoms with Crippen molar-refractivity contribution in [2.24, 2.45) is 0 Å². The average Bonchev–Trinajstić information content (AvgIpc) is 3.05. The van der Waals surface area contributed by atoms with Crippen molar-refractivity contribution in [3.8, 4) is 11.5 Å². The van der Waals surface area contributed by atoms with Gasteiger partial charge in [-0.1, -0.05) is 42.5 Å². The Kier molecular flexibility index (Phi) is 4.96. The second kappa shape index (κ2) is 7.50. The lowest BCUT2D eigenvalue weighted by Crippen LogP contribution is -2.27. The van der Waals surface area contributed by atoms with Crippen molar-refractivity contribution >= 4 is 5.91 Å². The Balaban J connectivity index is 1.51. The zero-order valence-electron chi connectivity index (χ0n) is 12.9. The van der Waals surface area contributed by atoms with Crippen LogP contribution in [0.25, 0.3) is 11.5 Å². The van der Waals surface area contributed by atoms with Crippen LogP contribution in [-0.4, -0.2) is 22.6 Å². The van der Waals surface area contributed by atoms with Crippen LogP contribution < -0.4 is 5.32 Å². The summed E-state index contributed by atoms with van der Waals surface area (Å²) in [5.41, 5.74) is 1.22. The molecule has 1 amide bonds. The maximum absolute atomic E-state index is 13.7. The van der Waals surface area contributed by atoms with E-state index in [1.54, 1.807) is 18.2 Å². The van der Waals surface area contributed by atoms with E-state index in [1.807, 2.05) is 30.3 Å². The lowest BCUT2D eigenvalue weighted by atomic mass is 10.1. The summed E-state index contributed by atoms with van der Waals surface area (Å²) >= 11 is 0. The molecule has 0 bridgehead atoms. The molecule has 0 atom stereocenters. The summed E-state index contributed by atoms with van der Waals surface area (Å²) in [5, 5.41) is 10.5. The summed E-state index contributed by atoms with van der Waals surface area (Å²) in [6.45, 7) is 0.380. The highest BCUT2D eigenvalue weighted by atomic mass is 19.1. The van der Waals surface area contributed by atoms with Gasteiger partial charge in [0.1, 0.15) is 5.82 Å². The van der Waals surface area contributed by atoms with Gasteiger partial charge in [-0.25, -0.2) is 4.39 Å². The van der Waals surface area contributed by atoms with Gasteiger partial charge in [-0.05, 0) is 17.7 Å². The third-order valence-corrected chi connectivity index (χ3v) is 3.44. The van der Waals surface area contributed by atoms with Crippen molar-refractivity contribution in [1.29, 1.82) is 0 Å². The second-order valence-electron chi connectivity index (χ2n) is 5.24. The predicted molar refractivity (Wildman–Crippen MR) is 86.6 cm³/mol. The van der Waals surface area contributed by atoms with Gasteiger partial charge < -0.3 is 9.73 Å². The summed E-state index contributed by atoms with van der Waals surface area (Å²) in [5.74, 6) is 0.00545. The highest BCUT2D eigenvalue weighted by Crippen LogP contribution is 2.20. The molecule has 1 heterocycles. The van der Waals surface area contributed by atoms with E-state index in [0.717, 1.165) is 5.56 Å². The Hall–Kier alpha value is -3.02. The number of amides is 1. The van der Waals surface area contributed by atoms with Crippen molar-refractivity contribution in [3.63, 3.8) is 0 Å². The molecule has 0 fully saturated rings. The Bertz CT molecular complexity index is 818.